The Balaban J connectivity index is 3.28. The van der Waals surface area contributed by atoms with Crippen LogP contribution in [0.5, 0.6) is 0 Å². The van der Waals surface area contributed by atoms with Gasteiger partial charge in [-0.15, -0.1) is 0 Å². The van der Waals surface area contributed by atoms with Crippen LogP contribution in [0.2, 0.25) is 0 Å². The molecule has 0 aromatic heterocycles. The van der Waals surface area contributed by atoms with Gasteiger partial charge in [-0.1, -0.05) is 20.3 Å². The van der Waals surface area contributed by atoms with Gasteiger partial charge < -0.3 is 10.6 Å². The van der Waals surface area contributed by atoms with Crippen LogP contribution >= 0.6 is 0 Å². The zero-order valence-corrected chi connectivity index (χ0v) is 8.28. The van der Waals surface area contributed by atoms with Crippen molar-refractivity contribution in [3.8, 4) is 0 Å². The second-order valence-corrected chi connectivity index (χ2v) is 3.23. The minimum atomic E-state index is 0.647. The van der Waals surface area contributed by atoms with Gasteiger partial charge >= 0.3 is 0 Å². The zero-order valence-electron chi connectivity index (χ0n) is 8.28. The molecule has 0 aliphatic rings. The smallest absolute Gasteiger partial charge is 0.00792 e. The first-order chi connectivity index (χ1) is 5.22. The lowest BCUT2D eigenvalue weighted by Gasteiger charge is -2.19. The number of rotatable bonds is 6. The molecule has 0 bridgehead atoms. The third kappa shape index (κ3) is 5.22. The van der Waals surface area contributed by atoms with Crippen LogP contribution in [-0.2, 0) is 0 Å². The first-order valence-corrected chi connectivity index (χ1v) is 4.60. The van der Waals surface area contributed by atoms with E-state index in [0.29, 0.717) is 6.04 Å². The molecule has 0 saturated heterocycles. The molecule has 0 fully saturated rings. The lowest BCUT2D eigenvalue weighted by atomic mass is 10.0. The van der Waals surface area contributed by atoms with Crippen LogP contribution in [0.4, 0.5) is 0 Å². The largest absolute Gasteiger partial charge is 0.318 e. The van der Waals surface area contributed by atoms with Crippen LogP contribution in [-0.4, -0.2) is 26.2 Å². The van der Waals surface area contributed by atoms with E-state index >= 15 is 0 Å². The van der Waals surface area contributed by atoms with Crippen molar-refractivity contribution in [2.45, 2.75) is 33.2 Å². The Bertz CT molecular complexity index is 83.6. The maximum absolute atomic E-state index is 3.47. The summed E-state index contributed by atoms with van der Waals surface area (Å²) in [7, 11) is 1.98. The quantitative estimate of drug-likeness (QED) is 0.568. The first-order valence-electron chi connectivity index (χ1n) is 4.60. The molecule has 0 saturated carbocycles. The second-order valence-electron chi connectivity index (χ2n) is 3.23. The molecule has 2 unspecified atom stereocenters. The highest BCUT2D eigenvalue weighted by Crippen LogP contribution is 2.05. The van der Waals surface area contributed by atoms with Crippen molar-refractivity contribution in [2.75, 3.05) is 20.1 Å². The highest BCUT2D eigenvalue weighted by atomic mass is 14.9. The lowest BCUT2D eigenvalue weighted by Crippen LogP contribution is -2.36. The third-order valence-corrected chi connectivity index (χ3v) is 2.34. The van der Waals surface area contributed by atoms with Gasteiger partial charge in [-0.2, -0.15) is 0 Å². The first kappa shape index (κ1) is 10.9. The fourth-order valence-electron chi connectivity index (χ4n) is 0.980. The molecule has 0 heterocycles. The van der Waals surface area contributed by atoms with Gasteiger partial charge in [0.05, 0.1) is 0 Å². The summed E-state index contributed by atoms with van der Waals surface area (Å²) in [4.78, 5) is 0. The number of likely N-dealkylation sites (N-methyl/N-ethyl adjacent to an activating group) is 1. The third-order valence-electron chi connectivity index (χ3n) is 2.34. The molecule has 0 aromatic carbocycles. The molecule has 0 spiro atoms. The Morgan fingerprint density at radius 2 is 1.82 bits per heavy atom. The summed E-state index contributed by atoms with van der Waals surface area (Å²) in [5.74, 6) is 0.784. The van der Waals surface area contributed by atoms with Gasteiger partial charge in [-0.25, -0.2) is 0 Å². The fourth-order valence-corrected chi connectivity index (χ4v) is 0.980. The summed E-state index contributed by atoms with van der Waals surface area (Å²) in [6, 6.07) is 0.647. The minimum absolute atomic E-state index is 0.647. The molecule has 2 N–H and O–H groups in total. The van der Waals surface area contributed by atoms with Crippen LogP contribution in [0.3, 0.4) is 0 Å². The fraction of sp³-hybridized carbons (Fsp3) is 1.00. The van der Waals surface area contributed by atoms with E-state index in [1.165, 1.54) is 6.42 Å². The van der Waals surface area contributed by atoms with Crippen molar-refractivity contribution in [1.82, 2.24) is 10.6 Å². The van der Waals surface area contributed by atoms with E-state index in [1.54, 1.807) is 0 Å². The number of hydrogen-bond acceptors (Lipinski definition) is 2. The summed E-state index contributed by atoms with van der Waals surface area (Å²) in [5.41, 5.74) is 0. The van der Waals surface area contributed by atoms with E-state index in [4.69, 9.17) is 0 Å². The summed E-state index contributed by atoms with van der Waals surface area (Å²) in [6.07, 6.45) is 1.26. The Morgan fingerprint density at radius 3 is 2.27 bits per heavy atom. The highest BCUT2D eigenvalue weighted by molar-refractivity contribution is 4.66. The average Bonchev–Trinajstić information content (AvgIpc) is 2.03. The number of hydrogen-bond donors (Lipinski definition) is 2. The maximum Gasteiger partial charge on any atom is 0.00792 e. The van der Waals surface area contributed by atoms with Crippen molar-refractivity contribution in [3.63, 3.8) is 0 Å². The van der Waals surface area contributed by atoms with Crippen molar-refractivity contribution in [2.24, 2.45) is 5.92 Å². The molecule has 2 nitrogen and oxygen atoms in total. The molecular weight excluding hydrogens is 136 g/mol. The van der Waals surface area contributed by atoms with Crippen molar-refractivity contribution in [1.29, 1.82) is 0 Å². The Morgan fingerprint density at radius 1 is 1.18 bits per heavy atom. The monoisotopic (exact) mass is 158 g/mol. The predicted molar refractivity (Wildman–Crippen MR) is 50.8 cm³/mol. The minimum Gasteiger partial charge on any atom is -0.318 e. The van der Waals surface area contributed by atoms with E-state index < -0.39 is 0 Å². The normalized spacial score (nSPS) is 16.4. The van der Waals surface area contributed by atoms with E-state index in [1.807, 2.05) is 7.05 Å². The highest BCUT2D eigenvalue weighted by Gasteiger charge is 2.07. The standard InChI is InChI=1S/C9H22N2/c1-5-8(2)9(3)11-7-6-10-4/h8-11H,5-7H2,1-4H3. The van der Waals surface area contributed by atoms with Crippen LogP contribution in [0.15, 0.2) is 0 Å². The van der Waals surface area contributed by atoms with Crippen LogP contribution < -0.4 is 10.6 Å². The summed E-state index contributed by atoms with van der Waals surface area (Å²) in [5, 5.41) is 6.59. The molecule has 0 aliphatic heterocycles. The van der Waals surface area contributed by atoms with Gasteiger partial charge in [-0.05, 0) is 19.9 Å². The molecule has 0 radical (unpaired) electrons. The second kappa shape index (κ2) is 6.62. The lowest BCUT2D eigenvalue weighted by molar-refractivity contribution is 0.391. The van der Waals surface area contributed by atoms with Crippen molar-refractivity contribution in [3.05, 3.63) is 0 Å². The van der Waals surface area contributed by atoms with Crippen LogP contribution in [0, 0.1) is 5.92 Å². The Labute approximate surface area is 70.8 Å². The topological polar surface area (TPSA) is 24.1 Å². The molecule has 11 heavy (non-hydrogen) atoms. The summed E-state index contributed by atoms with van der Waals surface area (Å²) >= 11 is 0. The van der Waals surface area contributed by atoms with Gasteiger partial charge in [0.25, 0.3) is 0 Å². The molecule has 2 atom stereocenters. The predicted octanol–water partition coefficient (Wildman–Crippen LogP) is 1.23. The SMILES string of the molecule is CCC(C)C(C)NCCNC. The molecule has 0 aliphatic carbocycles. The zero-order chi connectivity index (χ0) is 8.69. The Kier molecular flexibility index (Phi) is 6.57. The summed E-state index contributed by atoms with van der Waals surface area (Å²) < 4.78 is 0. The summed E-state index contributed by atoms with van der Waals surface area (Å²) in [6.45, 7) is 8.91. The number of nitrogens with one attached hydrogen (secondary N) is 2. The van der Waals surface area contributed by atoms with Gasteiger partial charge in [0.1, 0.15) is 0 Å². The molecule has 68 valence electrons. The van der Waals surface area contributed by atoms with Crippen molar-refractivity contribution >= 4 is 0 Å². The molecule has 0 rings (SSSR count). The maximum atomic E-state index is 3.47. The van der Waals surface area contributed by atoms with Gasteiger partial charge in [-0.3, -0.25) is 0 Å². The molecular formula is C9H22N2. The van der Waals surface area contributed by atoms with Crippen LogP contribution in [0.25, 0.3) is 0 Å². The van der Waals surface area contributed by atoms with E-state index in [0.717, 1.165) is 19.0 Å². The van der Waals surface area contributed by atoms with Gasteiger partial charge in [0.2, 0.25) is 0 Å². The van der Waals surface area contributed by atoms with E-state index in [9.17, 15) is 0 Å². The molecule has 0 aromatic rings. The molecule has 2 heteroatoms. The average molecular weight is 158 g/mol. The van der Waals surface area contributed by atoms with Crippen LogP contribution in [0.1, 0.15) is 27.2 Å². The van der Waals surface area contributed by atoms with E-state index in [2.05, 4.69) is 31.4 Å². The Hall–Kier alpha value is -0.0800. The van der Waals surface area contributed by atoms with E-state index in [-0.39, 0.29) is 0 Å². The van der Waals surface area contributed by atoms with Gasteiger partial charge in [0.15, 0.2) is 0 Å². The van der Waals surface area contributed by atoms with Crippen molar-refractivity contribution < 1.29 is 0 Å². The molecule has 0 amide bonds. The van der Waals surface area contributed by atoms with Gasteiger partial charge in [0, 0.05) is 19.1 Å².